The van der Waals surface area contributed by atoms with Crippen LogP contribution in [0.3, 0.4) is 0 Å². The van der Waals surface area contributed by atoms with Crippen molar-refractivity contribution in [1.29, 1.82) is 0 Å². The molecule has 0 aliphatic carbocycles. The lowest BCUT2D eigenvalue weighted by atomic mass is 10.3. The summed E-state index contributed by atoms with van der Waals surface area (Å²) in [4.78, 5) is 40.4. The highest BCUT2D eigenvalue weighted by molar-refractivity contribution is 8.04. The Morgan fingerprint density at radius 3 is 2.91 bits per heavy atom. The van der Waals surface area contributed by atoms with Crippen molar-refractivity contribution in [3.63, 3.8) is 0 Å². The Balaban J connectivity index is 1.89. The lowest BCUT2D eigenvalue weighted by Crippen LogP contribution is -2.29. The van der Waals surface area contributed by atoms with E-state index in [4.69, 9.17) is 9.47 Å². The smallest absolute Gasteiger partial charge is 0.356 e. The van der Waals surface area contributed by atoms with Crippen molar-refractivity contribution in [3.8, 4) is 0 Å². The Morgan fingerprint density at radius 2 is 2.22 bits per heavy atom. The van der Waals surface area contributed by atoms with E-state index in [-0.39, 0.29) is 37.1 Å². The van der Waals surface area contributed by atoms with Crippen molar-refractivity contribution in [1.82, 2.24) is 9.88 Å². The molecule has 1 aliphatic heterocycles. The van der Waals surface area contributed by atoms with Crippen molar-refractivity contribution in [2.75, 3.05) is 25.5 Å². The number of esters is 2. The zero-order valence-corrected chi connectivity index (χ0v) is 13.4. The topological polar surface area (TPSA) is 85.8 Å². The average Bonchev–Trinajstić information content (AvgIpc) is 2.89. The highest BCUT2D eigenvalue weighted by atomic mass is 32.2. The number of hydrogen-bond donors (Lipinski definition) is 0. The Bertz CT molecular complexity index is 618. The molecule has 0 bridgehead atoms. The van der Waals surface area contributed by atoms with Gasteiger partial charge in [0, 0.05) is 6.20 Å². The molecule has 2 rings (SSSR count). The van der Waals surface area contributed by atoms with Gasteiger partial charge in [-0.3, -0.25) is 4.79 Å². The van der Waals surface area contributed by atoms with Crippen LogP contribution in [0.2, 0.25) is 0 Å². The van der Waals surface area contributed by atoms with Gasteiger partial charge in [-0.2, -0.15) is 0 Å². The van der Waals surface area contributed by atoms with Crippen LogP contribution < -0.4 is 0 Å². The van der Waals surface area contributed by atoms with Crippen molar-refractivity contribution < 1.29 is 23.9 Å². The molecular formula is C15H16N2O5S. The van der Waals surface area contributed by atoms with E-state index >= 15 is 0 Å². The van der Waals surface area contributed by atoms with E-state index in [1.165, 1.54) is 28.9 Å². The van der Waals surface area contributed by atoms with Gasteiger partial charge in [0.2, 0.25) is 5.91 Å². The lowest BCUT2D eigenvalue weighted by molar-refractivity contribution is -0.137. The molecule has 8 heteroatoms. The Hall–Kier alpha value is -2.35. The molecule has 0 aromatic carbocycles. The van der Waals surface area contributed by atoms with Gasteiger partial charge in [-0.05, 0) is 19.1 Å². The third-order valence-electron chi connectivity index (χ3n) is 2.86. The summed E-state index contributed by atoms with van der Waals surface area (Å²) < 4.78 is 9.92. The minimum absolute atomic E-state index is 0.0157. The summed E-state index contributed by atoms with van der Waals surface area (Å²) in [6, 6.07) is 4.93. The van der Waals surface area contributed by atoms with Crippen LogP contribution >= 0.6 is 11.8 Å². The summed E-state index contributed by atoms with van der Waals surface area (Å²) in [6.45, 7) is 2.17. The molecule has 1 aromatic heterocycles. The lowest BCUT2D eigenvalue weighted by Gasteiger charge is -2.16. The van der Waals surface area contributed by atoms with Crippen LogP contribution in [-0.4, -0.2) is 53.2 Å². The quantitative estimate of drug-likeness (QED) is 0.570. The predicted octanol–water partition coefficient (Wildman–Crippen LogP) is 1.22. The molecule has 1 aromatic rings. The normalized spacial score (nSPS) is 15.8. The zero-order chi connectivity index (χ0) is 16.7. The maximum atomic E-state index is 11.8. The molecule has 0 atom stereocenters. The van der Waals surface area contributed by atoms with Gasteiger partial charge < -0.3 is 14.4 Å². The molecule has 2 heterocycles. The Labute approximate surface area is 137 Å². The first-order valence-corrected chi connectivity index (χ1v) is 8.00. The summed E-state index contributed by atoms with van der Waals surface area (Å²) in [5.41, 5.74) is 0.205. The maximum Gasteiger partial charge on any atom is 0.356 e. The number of thioether (sulfide) groups is 1. The number of amides is 1. The van der Waals surface area contributed by atoms with E-state index in [0.717, 1.165) is 0 Å². The summed E-state index contributed by atoms with van der Waals surface area (Å²) in [5.74, 6) is -0.945. The number of aromatic nitrogens is 1. The number of nitrogens with zero attached hydrogens (tertiary/aromatic N) is 2. The first-order chi connectivity index (χ1) is 11.1. The van der Waals surface area contributed by atoms with Crippen LogP contribution in [0, 0.1) is 0 Å². The van der Waals surface area contributed by atoms with Gasteiger partial charge in [-0.1, -0.05) is 17.8 Å². The largest absolute Gasteiger partial charge is 0.463 e. The molecule has 1 amide bonds. The molecule has 1 saturated heterocycles. The van der Waals surface area contributed by atoms with Crippen molar-refractivity contribution in [2.24, 2.45) is 0 Å². The summed E-state index contributed by atoms with van der Waals surface area (Å²) in [6.07, 6.45) is 2.77. The molecule has 23 heavy (non-hydrogen) atoms. The Morgan fingerprint density at radius 1 is 1.39 bits per heavy atom. The molecule has 122 valence electrons. The molecule has 0 saturated carbocycles. The third kappa shape index (κ3) is 4.82. The third-order valence-corrected chi connectivity index (χ3v) is 3.89. The number of ether oxygens (including phenoxy) is 2. The van der Waals surface area contributed by atoms with Crippen molar-refractivity contribution in [2.45, 2.75) is 6.92 Å². The number of carbonyl (C=O) groups is 3. The minimum atomic E-state index is -0.555. The fourth-order valence-electron chi connectivity index (χ4n) is 1.84. The van der Waals surface area contributed by atoms with Crippen molar-refractivity contribution in [3.05, 3.63) is 41.2 Å². The van der Waals surface area contributed by atoms with E-state index in [1.807, 2.05) is 0 Å². The van der Waals surface area contributed by atoms with Gasteiger partial charge in [-0.25, -0.2) is 14.6 Å². The molecule has 1 fully saturated rings. The van der Waals surface area contributed by atoms with E-state index in [2.05, 4.69) is 4.98 Å². The summed E-state index contributed by atoms with van der Waals surface area (Å²) in [7, 11) is 0. The van der Waals surface area contributed by atoms with Crippen LogP contribution in [0.1, 0.15) is 17.4 Å². The van der Waals surface area contributed by atoms with Crippen LogP contribution in [0.5, 0.6) is 0 Å². The van der Waals surface area contributed by atoms with Gasteiger partial charge in [0.15, 0.2) is 0 Å². The van der Waals surface area contributed by atoms with Crippen LogP contribution in [0.25, 0.3) is 0 Å². The highest BCUT2D eigenvalue weighted by Gasteiger charge is 2.27. The van der Waals surface area contributed by atoms with Gasteiger partial charge in [0.25, 0.3) is 0 Å². The minimum Gasteiger partial charge on any atom is -0.463 e. The van der Waals surface area contributed by atoms with Gasteiger partial charge in [0.1, 0.15) is 12.3 Å². The number of rotatable bonds is 6. The second-order valence-electron chi connectivity index (χ2n) is 4.42. The highest BCUT2D eigenvalue weighted by Crippen LogP contribution is 2.28. The second-order valence-corrected chi connectivity index (χ2v) is 5.42. The van der Waals surface area contributed by atoms with Crippen LogP contribution in [0.15, 0.2) is 35.5 Å². The van der Waals surface area contributed by atoms with Gasteiger partial charge >= 0.3 is 11.9 Å². The number of hydrogen-bond acceptors (Lipinski definition) is 7. The molecule has 0 N–H and O–H groups in total. The predicted molar refractivity (Wildman–Crippen MR) is 83.4 cm³/mol. The average molecular weight is 336 g/mol. The monoisotopic (exact) mass is 336 g/mol. The molecule has 1 aliphatic rings. The first-order valence-electron chi connectivity index (χ1n) is 7.01. The fourth-order valence-corrected chi connectivity index (χ4v) is 2.80. The van der Waals surface area contributed by atoms with E-state index in [9.17, 15) is 14.4 Å². The van der Waals surface area contributed by atoms with E-state index in [0.29, 0.717) is 5.03 Å². The molecule has 7 nitrogen and oxygen atoms in total. The standard InChI is InChI=1S/C15H16N2O5S/c1-2-21-14(19)9-13-17(12(18)10-23-13)7-8-22-15(20)11-5-3-4-6-16-11/h3-6,9H,2,7-8,10H2,1H3/b13-9-. The molecule has 0 unspecified atom stereocenters. The van der Waals surface area contributed by atoms with E-state index in [1.54, 1.807) is 25.1 Å². The molecule has 0 spiro atoms. The molecular weight excluding hydrogens is 320 g/mol. The van der Waals surface area contributed by atoms with Crippen LogP contribution in [-0.2, 0) is 19.1 Å². The first kappa shape index (κ1) is 17.0. The van der Waals surface area contributed by atoms with E-state index < -0.39 is 11.9 Å². The molecule has 0 radical (unpaired) electrons. The van der Waals surface area contributed by atoms with Gasteiger partial charge in [-0.15, -0.1) is 0 Å². The SMILES string of the molecule is CCOC(=O)/C=C1\SCC(=O)N1CCOC(=O)c1ccccn1. The Kier molecular flexibility index (Phi) is 6.16. The van der Waals surface area contributed by atoms with Gasteiger partial charge in [0.05, 0.1) is 30.0 Å². The maximum absolute atomic E-state index is 11.8. The zero-order valence-electron chi connectivity index (χ0n) is 12.6. The number of pyridine rings is 1. The van der Waals surface area contributed by atoms with Crippen LogP contribution in [0.4, 0.5) is 0 Å². The number of carbonyl (C=O) groups excluding carboxylic acids is 3. The summed E-state index contributed by atoms with van der Waals surface area (Å²) in [5, 5.41) is 0.502. The summed E-state index contributed by atoms with van der Waals surface area (Å²) >= 11 is 1.25. The van der Waals surface area contributed by atoms with Crippen molar-refractivity contribution >= 4 is 29.6 Å². The second kappa shape index (κ2) is 8.33. The fraction of sp³-hybridized carbons (Fsp3) is 0.333.